The normalized spacial score (nSPS) is 14.4. The number of carbonyl (C=O) groups excluding carboxylic acids is 1. The second kappa shape index (κ2) is 7.79. The van der Waals surface area contributed by atoms with Crippen molar-refractivity contribution in [3.05, 3.63) is 62.8 Å². The predicted molar refractivity (Wildman–Crippen MR) is 116 cm³/mol. The summed E-state index contributed by atoms with van der Waals surface area (Å²) in [6.45, 7) is 6.93. The van der Waals surface area contributed by atoms with E-state index in [0.29, 0.717) is 24.1 Å². The highest BCUT2D eigenvalue weighted by atomic mass is 32.1. The Morgan fingerprint density at radius 3 is 2.66 bits per heavy atom. The molecule has 29 heavy (non-hydrogen) atoms. The molecule has 1 aliphatic heterocycles. The largest absolute Gasteiger partial charge is 0.368 e. The number of benzene rings is 1. The molecule has 0 saturated carbocycles. The number of carbonyl (C=O) groups is 1. The number of amides is 1. The Morgan fingerprint density at radius 1 is 1.14 bits per heavy atom. The molecule has 1 aromatic carbocycles. The molecule has 0 atom stereocenters. The Balaban J connectivity index is 1.48. The lowest BCUT2D eigenvalue weighted by molar-refractivity contribution is -0.132. The summed E-state index contributed by atoms with van der Waals surface area (Å²) in [4.78, 5) is 36.8. The quantitative estimate of drug-likeness (QED) is 0.673. The molecule has 1 saturated heterocycles. The van der Waals surface area contributed by atoms with Gasteiger partial charge in [0.25, 0.3) is 5.56 Å². The minimum absolute atomic E-state index is 0.0670. The van der Waals surface area contributed by atoms with Gasteiger partial charge in [0.05, 0.1) is 5.39 Å². The van der Waals surface area contributed by atoms with Gasteiger partial charge in [-0.3, -0.25) is 14.2 Å². The number of piperazine rings is 1. The van der Waals surface area contributed by atoms with Crippen LogP contribution in [-0.4, -0.2) is 51.5 Å². The summed E-state index contributed by atoms with van der Waals surface area (Å²) in [5.41, 5.74) is 3.90. The van der Waals surface area contributed by atoms with Gasteiger partial charge in [0.2, 0.25) is 5.91 Å². The van der Waals surface area contributed by atoms with Crippen LogP contribution in [0, 0.1) is 18.6 Å². The van der Waals surface area contributed by atoms with E-state index in [9.17, 15) is 9.59 Å². The number of rotatable bonds is 3. The molecule has 0 aliphatic carbocycles. The number of pyridine rings is 1. The molecule has 1 fully saturated rings. The maximum absolute atomic E-state index is 12.8. The fraction of sp³-hybridized carbons (Fsp3) is 0.333. The van der Waals surface area contributed by atoms with Gasteiger partial charge in [-0.15, -0.1) is 0 Å². The van der Waals surface area contributed by atoms with Crippen LogP contribution in [-0.2, 0) is 11.3 Å². The molecule has 1 aliphatic rings. The lowest BCUT2D eigenvalue weighted by atomic mass is 10.1. The smallest absolute Gasteiger partial charge is 0.264 e. The number of aromatic amines is 1. The van der Waals surface area contributed by atoms with Crippen LogP contribution in [0.5, 0.6) is 0 Å². The Hall–Kier alpha value is -3.00. The van der Waals surface area contributed by atoms with Crippen molar-refractivity contribution < 1.29 is 4.79 Å². The van der Waals surface area contributed by atoms with E-state index < -0.39 is 0 Å². The number of aryl methyl sites for hydroxylation is 1. The van der Waals surface area contributed by atoms with Crippen LogP contribution < -0.4 is 10.5 Å². The van der Waals surface area contributed by atoms with Crippen LogP contribution in [0.25, 0.3) is 11.0 Å². The number of nitrogens with zero attached hydrogens (tertiary/aromatic N) is 4. The summed E-state index contributed by atoms with van der Waals surface area (Å²) in [5.74, 6) is -0.101. The maximum Gasteiger partial charge on any atom is 0.264 e. The van der Waals surface area contributed by atoms with Crippen LogP contribution in [0.1, 0.15) is 11.1 Å². The van der Waals surface area contributed by atoms with Crippen LogP contribution in [0.15, 0.2) is 41.3 Å². The van der Waals surface area contributed by atoms with E-state index in [1.165, 1.54) is 21.4 Å². The predicted octanol–water partition coefficient (Wildman–Crippen LogP) is 2.42. The summed E-state index contributed by atoms with van der Waals surface area (Å²) in [5, 5.41) is 0.425. The molecule has 150 valence electrons. The van der Waals surface area contributed by atoms with Gasteiger partial charge >= 0.3 is 0 Å². The standard InChI is InChI=1S/C21H23N5O2S/c1-14-5-3-7-17(15(14)2)24-9-11-25(12-10-24)18(27)13-26-20(28)16-6-4-8-22-19(16)23-21(26)29/h3-8H,9-13H2,1-2H3,(H,22,23,29). The van der Waals surface area contributed by atoms with Crippen molar-refractivity contribution in [3.8, 4) is 0 Å². The van der Waals surface area contributed by atoms with E-state index in [4.69, 9.17) is 12.2 Å². The molecule has 3 aromatic rings. The van der Waals surface area contributed by atoms with Crippen LogP contribution in [0.4, 0.5) is 5.69 Å². The summed E-state index contributed by atoms with van der Waals surface area (Å²) in [6, 6.07) is 9.68. The first-order valence-electron chi connectivity index (χ1n) is 9.62. The number of H-pyrrole nitrogens is 1. The molecular weight excluding hydrogens is 386 g/mol. The fourth-order valence-electron chi connectivity index (χ4n) is 3.74. The van der Waals surface area contributed by atoms with Gasteiger partial charge in [-0.2, -0.15) is 0 Å². The lowest BCUT2D eigenvalue weighted by Crippen LogP contribution is -2.50. The summed E-state index contributed by atoms with van der Waals surface area (Å²) in [7, 11) is 0. The van der Waals surface area contributed by atoms with E-state index in [1.54, 1.807) is 23.2 Å². The third-order valence-electron chi connectivity index (χ3n) is 5.60. The van der Waals surface area contributed by atoms with Gasteiger partial charge in [0, 0.05) is 38.1 Å². The topological polar surface area (TPSA) is 74.2 Å². The Morgan fingerprint density at radius 2 is 1.90 bits per heavy atom. The average molecular weight is 410 g/mol. The van der Waals surface area contributed by atoms with Crippen LogP contribution in [0.2, 0.25) is 0 Å². The molecule has 1 amide bonds. The zero-order valence-electron chi connectivity index (χ0n) is 16.5. The molecule has 2 aromatic heterocycles. The third-order valence-corrected chi connectivity index (χ3v) is 5.92. The summed E-state index contributed by atoms with van der Waals surface area (Å²) < 4.78 is 1.53. The van der Waals surface area contributed by atoms with Crippen molar-refractivity contribution in [3.63, 3.8) is 0 Å². The third kappa shape index (κ3) is 3.67. The zero-order chi connectivity index (χ0) is 20.5. The highest BCUT2D eigenvalue weighted by molar-refractivity contribution is 7.71. The van der Waals surface area contributed by atoms with Crippen LogP contribution >= 0.6 is 12.2 Å². The number of hydrogen-bond donors (Lipinski definition) is 1. The van der Waals surface area contributed by atoms with Crippen molar-refractivity contribution in [2.75, 3.05) is 31.1 Å². The maximum atomic E-state index is 12.8. The molecule has 0 unspecified atom stereocenters. The SMILES string of the molecule is Cc1cccc(N2CCN(C(=O)Cn3c(=S)[nH]c4ncccc4c3=O)CC2)c1C. The van der Waals surface area contributed by atoms with Gasteiger partial charge < -0.3 is 14.8 Å². The highest BCUT2D eigenvalue weighted by Gasteiger charge is 2.23. The van der Waals surface area contributed by atoms with Crippen molar-refractivity contribution in [1.29, 1.82) is 0 Å². The minimum atomic E-state index is -0.292. The van der Waals surface area contributed by atoms with Gasteiger partial charge in [0.15, 0.2) is 4.77 Å². The first-order chi connectivity index (χ1) is 14.0. The number of anilines is 1. The first-order valence-corrected chi connectivity index (χ1v) is 10.0. The Labute approximate surface area is 173 Å². The van der Waals surface area contributed by atoms with Crippen molar-refractivity contribution >= 4 is 34.8 Å². The van der Waals surface area contributed by atoms with Gasteiger partial charge in [-0.1, -0.05) is 12.1 Å². The minimum Gasteiger partial charge on any atom is -0.368 e. The average Bonchev–Trinajstić information content (AvgIpc) is 2.73. The van der Waals surface area contributed by atoms with Crippen molar-refractivity contribution in [2.45, 2.75) is 20.4 Å². The molecule has 0 spiro atoms. The molecule has 4 rings (SSSR count). The molecule has 1 N–H and O–H groups in total. The van der Waals surface area contributed by atoms with E-state index in [-0.39, 0.29) is 22.8 Å². The number of nitrogens with one attached hydrogen (secondary N) is 1. The Bertz CT molecular complexity index is 1190. The van der Waals surface area contributed by atoms with Gasteiger partial charge in [0.1, 0.15) is 12.2 Å². The molecule has 0 bridgehead atoms. The fourth-order valence-corrected chi connectivity index (χ4v) is 3.98. The summed E-state index contributed by atoms with van der Waals surface area (Å²) >= 11 is 5.28. The number of hydrogen-bond acceptors (Lipinski definition) is 5. The second-order valence-corrected chi connectivity index (χ2v) is 7.69. The van der Waals surface area contributed by atoms with Gasteiger partial charge in [-0.25, -0.2) is 4.98 Å². The van der Waals surface area contributed by atoms with E-state index in [1.807, 2.05) is 0 Å². The monoisotopic (exact) mass is 409 g/mol. The molecular formula is C21H23N5O2S. The lowest BCUT2D eigenvalue weighted by Gasteiger charge is -2.37. The number of aromatic nitrogens is 3. The van der Waals surface area contributed by atoms with E-state index in [0.717, 1.165) is 13.1 Å². The zero-order valence-corrected chi connectivity index (χ0v) is 17.3. The van der Waals surface area contributed by atoms with Crippen LogP contribution in [0.3, 0.4) is 0 Å². The Kier molecular flexibility index (Phi) is 5.19. The van der Waals surface area contributed by atoms with E-state index in [2.05, 4.69) is 46.9 Å². The van der Waals surface area contributed by atoms with E-state index >= 15 is 0 Å². The van der Waals surface area contributed by atoms with Crippen molar-refractivity contribution in [2.24, 2.45) is 0 Å². The number of fused-ring (bicyclic) bond motifs is 1. The molecule has 0 radical (unpaired) electrons. The summed E-state index contributed by atoms with van der Waals surface area (Å²) in [6.07, 6.45) is 1.60. The molecule has 8 heteroatoms. The molecule has 3 heterocycles. The van der Waals surface area contributed by atoms with Crippen molar-refractivity contribution in [1.82, 2.24) is 19.4 Å². The molecule has 7 nitrogen and oxygen atoms in total. The van der Waals surface area contributed by atoms with Gasteiger partial charge in [-0.05, 0) is 55.4 Å². The first kappa shape index (κ1) is 19.3. The second-order valence-electron chi connectivity index (χ2n) is 7.31. The highest BCUT2D eigenvalue weighted by Crippen LogP contribution is 2.23.